The summed E-state index contributed by atoms with van der Waals surface area (Å²) in [6.45, 7) is 25.0. The predicted molar refractivity (Wildman–Crippen MR) is 114 cm³/mol. The molecule has 1 nitrogen and oxygen atoms in total. The van der Waals surface area contributed by atoms with Gasteiger partial charge >= 0.3 is 0 Å². The van der Waals surface area contributed by atoms with Crippen LogP contribution in [0.3, 0.4) is 0 Å². The maximum Gasteiger partial charge on any atom is 0.0890 e. The quantitative estimate of drug-likeness (QED) is 0.533. The number of hydrogen-bond acceptors (Lipinski definition) is 1. The average molecular weight is 370 g/mol. The van der Waals surface area contributed by atoms with Crippen molar-refractivity contribution in [3.05, 3.63) is 28.8 Å². The van der Waals surface area contributed by atoms with Crippen LogP contribution in [0.4, 0.5) is 5.69 Å². The molecule has 0 heterocycles. The molecule has 0 bridgehead atoms. The Balaban J connectivity index is 3.75. The van der Waals surface area contributed by atoms with Gasteiger partial charge in [0, 0.05) is 11.3 Å². The van der Waals surface area contributed by atoms with E-state index in [-0.39, 0.29) is 16.2 Å². The number of nitrogens with one attached hydrogen (secondary N) is 1. The fourth-order valence-corrected chi connectivity index (χ4v) is 3.58. The Labute approximate surface area is 156 Å². The van der Waals surface area contributed by atoms with Gasteiger partial charge in [-0.25, -0.2) is 0 Å². The molecular weight excluding hydrogens is 333 g/mol. The van der Waals surface area contributed by atoms with Gasteiger partial charge in [0.05, 0.1) is 7.43 Å². The smallest absolute Gasteiger partial charge is 0.0890 e. The summed E-state index contributed by atoms with van der Waals surface area (Å²) >= 11 is 6.68. The zero-order chi connectivity index (χ0) is 19.1. The Morgan fingerprint density at radius 2 is 1.17 bits per heavy atom. The molecule has 0 amide bonds. The number of hydrogen-bond donors (Lipinski definition) is 1. The average Bonchev–Trinajstić information content (AvgIpc) is 2.34. The van der Waals surface area contributed by atoms with Crippen LogP contribution in [0.1, 0.15) is 92.9 Å². The van der Waals surface area contributed by atoms with Crippen molar-refractivity contribution >= 4 is 24.4 Å². The van der Waals surface area contributed by atoms with E-state index in [9.17, 15) is 0 Å². The third-order valence-electron chi connectivity index (χ3n) is 4.29. The van der Waals surface area contributed by atoms with Gasteiger partial charge in [0.25, 0.3) is 0 Å². The molecule has 1 atom stereocenters. The Hall–Kier alpha value is -0.260. The fraction of sp³-hybridized carbons (Fsp3) is 0.714. The molecule has 1 aromatic carbocycles. The molecule has 0 aliphatic carbocycles. The first-order chi connectivity index (χ1) is 10.5. The second-order valence-corrected chi connectivity index (χ2v) is 13.2. The lowest BCUT2D eigenvalue weighted by molar-refractivity contribution is 0.551. The van der Waals surface area contributed by atoms with Crippen molar-refractivity contribution in [2.45, 2.75) is 98.1 Å². The molecule has 0 saturated carbocycles. The molecule has 0 saturated heterocycles. The van der Waals surface area contributed by atoms with E-state index in [1.807, 2.05) is 0 Å². The van der Waals surface area contributed by atoms with Gasteiger partial charge in [-0.15, -0.1) is 0 Å². The van der Waals surface area contributed by atoms with E-state index >= 15 is 0 Å². The largest absolute Gasteiger partial charge is 0.351 e. The molecule has 0 aromatic heterocycles. The summed E-state index contributed by atoms with van der Waals surface area (Å²) in [4.78, 5) is 0. The lowest BCUT2D eigenvalue weighted by atomic mass is 9.74. The fourth-order valence-electron chi connectivity index (χ4n) is 2.61. The van der Waals surface area contributed by atoms with Crippen molar-refractivity contribution in [3.8, 4) is 0 Å². The summed E-state index contributed by atoms with van der Waals surface area (Å²) in [6.07, 6.45) is 0. The molecule has 0 aliphatic rings. The molecule has 0 radical (unpaired) electrons. The molecule has 0 spiro atoms. The van der Waals surface area contributed by atoms with E-state index in [0.29, 0.717) is 5.66 Å². The minimum absolute atomic E-state index is 0.0631. The first-order valence-electron chi connectivity index (χ1n) is 8.96. The van der Waals surface area contributed by atoms with Gasteiger partial charge in [-0.05, 0) is 32.9 Å². The summed E-state index contributed by atoms with van der Waals surface area (Å²) in [5, 5.41) is 3.70. The summed E-state index contributed by atoms with van der Waals surface area (Å²) in [6, 6.07) is 4.77. The molecule has 138 valence electrons. The second kappa shape index (κ2) is 7.16. The topological polar surface area (TPSA) is 12.0 Å². The standard InChI is InChI=1S/C21H37ClNP/c1-14(2)24(22)23-18-16(20(6,7)8)12-15(19(3,4)5)13-17(18)21(9,10)11/h12-14,23H,1-11H3. The Bertz CT molecular complexity index is 536. The van der Waals surface area contributed by atoms with Crippen molar-refractivity contribution in [1.82, 2.24) is 0 Å². The van der Waals surface area contributed by atoms with E-state index in [0.717, 1.165) is 0 Å². The van der Waals surface area contributed by atoms with Crippen LogP contribution in [0.15, 0.2) is 12.1 Å². The van der Waals surface area contributed by atoms with E-state index in [4.69, 9.17) is 11.2 Å². The molecule has 1 rings (SSSR count). The summed E-state index contributed by atoms with van der Waals surface area (Å²) < 4.78 is 0. The molecular formula is C21H37ClNP. The normalized spacial score (nSPS) is 14.9. The summed E-state index contributed by atoms with van der Waals surface area (Å²) in [5.41, 5.74) is 6.07. The lowest BCUT2D eigenvalue weighted by Crippen LogP contribution is -2.23. The predicted octanol–water partition coefficient (Wildman–Crippen LogP) is 7.95. The molecule has 0 aliphatic heterocycles. The molecule has 1 N–H and O–H groups in total. The van der Waals surface area contributed by atoms with Gasteiger partial charge in [-0.2, -0.15) is 0 Å². The summed E-state index contributed by atoms with van der Waals surface area (Å²) in [5.74, 6) is 0. The van der Waals surface area contributed by atoms with E-state index in [1.165, 1.54) is 22.4 Å². The van der Waals surface area contributed by atoms with E-state index in [1.54, 1.807) is 0 Å². The van der Waals surface area contributed by atoms with Gasteiger partial charge < -0.3 is 5.09 Å². The highest BCUT2D eigenvalue weighted by Gasteiger charge is 2.30. The van der Waals surface area contributed by atoms with Gasteiger partial charge in [0.2, 0.25) is 0 Å². The number of rotatable bonds is 3. The van der Waals surface area contributed by atoms with Crippen LogP contribution in [0, 0.1) is 0 Å². The SMILES string of the molecule is CC(C)P(Cl)Nc1c(C(C)(C)C)cc(C(C)(C)C)cc1C(C)(C)C. The van der Waals surface area contributed by atoms with Crippen LogP contribution in [0.5, 0.6) is 0 Å². The van der Waals surface area contributed by atoms with E-state index < -0.39 is 7.43 Å². The van der Waals surface area contributed by atoms with Crippen LogP contribution >= 0.6 is 18.7 Å². The monoisotopic (exact) mass is 369 g/mol. The minimum Gasteiger partial charge on any atom is -0.351 e. The van der Waals surface area contributed by atoms with Crippen LogP contribution in [0.2, 0.25) is 0 Å². The number of anilines is 1. The van der Waals surface area contributed by atoms with Gasteiger partial charge in [0.15, 0.2) is 0 Å². The van der Waals surface area contributed by atoms with Crippen molar-refractivity contribution in [2.24, 2.45) is 0 Å². The first kappa shape index (κ1) is 21.8. The minimum atomic E-state index is -0.758. The molecule has 1 aromatic rings. The van der Waals surface area contributed by atoms with Crippen LogP contribution in [0.25, 0.3) is 0 Å². The number of halogens is 1. The zero-order valence-electron chi connectivity index (χ0n) is 17.6. The Morgan fingerprint density at radius 3 is 1.42 bits per heavy atom. The molecule has 3 heteroatoms. The molecule has 0 fully saturated rings. The maximum absolute atomic E-state index is 6.68. The van der Waals surface area contributed by atoms with E-state index in [2.05, 4.69) is 93.4 Å². The van der Waals surface area contributed by atoms with Crippen molar-refractivity contribution in [2.75, 3.05) is 5.09 Å². The lowest BCUT2D eigenvalue weighted by Gasteiger charge is -2.35. The molecule has 24 heavy (non-hydrogen) atoms. The zero-order valence-corrected chi connectivity index (χ0v) is 19.2. The van der Waals surface area contributed by atoms with Crippen LogP contribution in [-0.4, -0.2) is 5.66 Å². The number of benzene rings is 1. The second-order valence-electron chi connectivity index (χ2n) is 10.2. The Morgan fingerprint density at radius 1 is 0.792 bits per heavy atom. The first-order valence-corrected chi connectivity index (χ1v) is 11.3. The maximum atomic E-state index is 6.68. The van der Waals surface area contributed by atoms with Gasteiger partial charge in [0.1, 0.15) is 0 Å². The van der Waals surface area contributed by atoms with Gasteiger partial charge in [-0.1, -0.05) is 99.5 Å². The van der Waals surface area contributed by atoms with Crippen LogP contribution in [-0.2, 0) is 16.2 Å². The highest BCUT2D eigenvalue weighted by molar-refractivity contribution is 7.85. The van der Waals surface area contributed by atoms with Crippen molar-refractivity contribution < 1.29 is 0 Å². The molecule has 1 unspecified atom stereocenters. The highest BCUT2D eigenvalue weighted by atomic mass is 35.7. The van der Waals surface area contributed by atoms with Crippen molar-refractivity contribution in [1.29, 1.82) is 0 Å². The Kier molecular flexibility index (Phi) is 6.50. The highest BCUT2D eigenvalue weighted by Crippen LogP contribution is 2.51. The summed E-state index contributed by atoms with van der Waals surface area (Å²) in [7, 11) is -0.758. The van der Waals surface area contributed by atoms with Crippen LogP contribution < -0.4 is 5.09 Å². The van der Waals surface area contributed by atoms with Crippen molar-refractivity contribution in [3.63, 3.8) is 0 Å². The van der Waals surface area contributed by atoms with Gasteiger partial charge in [-0.3, -0.25) is 0 Å². The third kappa shape index (κ3) is 5.37. The third-order valence-corrected chi connectivity index (χ3v) is 7.06.